The zero-order chi connectivity index (χ0) is 9.43. The molecule has 2 heterocycles. The lowest BCUT2D eigenvalue weighted by atomic mass is 9.84. The van der Waals surface area contributed by atoms with Gasteiger partial charge in [0.1, 0.15) is 12.4 Å². The summed E-state index contributed by atoms with van der Waals surface area (Å²) in [5.74, 6) is 1.76. The van der Waals surface area contributed by atoms with Crippen molar-refractivity contribution < 1.29 is 9.47 Å². The van der Waals surface area contributed by atoms with Crippen LogP contribution in [-0.2, 0) is 9.47 Å². The molecule has 1 spiro atoms. The topological polar surface area (TPSA) is 18.5 Å². The molecular formula is C12H14O2. The molecule has 2 atom stereocenters. The lowest BCUT2D eigenvalue weighted by molar-refractivity contribution is -0.0365. The minimum absolute atomic E-state index is 0.145. The minimum Gasteiger partial charge on any atom is -0.497 e. The van der Waals surface area contributed by atoms with Crippen LogP contribution >= 0.6 is 0 Å². The molecule has 74 valence electrons. The number of rotatable bonds is 0. The first-order valence-corrected chi connectivity index (χ1v) is 5.23. The van der Waals surface area contributed by atoms with Crippen LogP contribution in [0.5, 0.6) is 0 Å². The second-order valence-corrected chi connectivity index (χ2v) is 4.25. The summed E-state index contributed by atoms with van der Waals surface area (Å²) in [5, 5.41) is 0. The van der Waals surface area contributed by atoms with Crippen molar-refractivity contribution in [1.29, 1.82) is 0 Å². The Bertz CT molecular complexity index is 327. The van der Waals surface area contributed by atoms with E-state index in [-0.39, 0.29) is 5.60 Å². The van der Waals surface area contributed by atoms with E-state index < -0.39 is 0 Å². The Morgan fingerprint density at radius 1 is 1.43 bits per heavy atom. The molecule has 1 fully saturated rings. The number of ether oxygens (including phenoxy) is 2. The number of hydrogen-bond acceptors (Lipinski definition) is 2. The minimum atomic E-state index is -0.145. The summed E-state index contributed by atoms with van der Waals surface area (Å²) in [6.45, 7) is 0.681. The van der Waals surface area contributed by atoms with Crippen LogP contribution in [0.3, 0.4) is 0 Å². The van der Waals surface area contributed by atoms with Gasteiger partial charge in [-0.2, -0.15) is 0 Å². The summed E-state index contributed by atoms with van der Waals surface area (Å²) in [5.41, 5.74) is -0.145. The van der Waals surface area contributed by atoms with Crippen molar-refractivity contribution >= 4 is 0 Å². The molecule has 0 amide bonds. The maximum atomic E-state index is 6.04. The van der Waals surface area contributed by atoms with E-state index in [1.54, 1.807) is 6.26 Å². The summed E-state index contributed by atoms with van der Waals surface area (Å²) in [6, 6.07) is 0. The summed E-state index contributed by atoms with van der Waals surface area (Å²) in [6.07, 6.45) is 13.7. The van der Waals surface area contributed by atoms with E-state index in [1.165, 1.54) is 6.42 Å². The molecular weight excluding hydrogens is 176 g/mol. The molecule has 0 aromatic rings. The number of allylic oxidation sites excluding steroid dienone is 4. The molecule has 1 aliphatic carbocycles. The molecule has 0 aromatic carbocycles. The maximum absolute atomic E-state index is 6.04. The Hall–Kier alpha value is -1.18. The van der Waals surface area contributed by atoms with Crippen LogP contribution in [0.15, 0.2) is 36.3 Å². The SMILES string of the molecule is C1=CCC2CCC3(C=COC3)OC2=C1. The van der Waals surface area contributed by atoms with Gasteiger partial charge in [0.25, 0.3) is 0 Å². The highest BCUT2D eigenvalue weighted by atomic mass is 16.6. The first kappa shape index (κ1) is 8.16. The van der Waals surface area contributed by atoms with Crippen molar-refractivity contribution in [3.8, 4) is 0 Å². The third-order valence-corrected chi connectivity index (χ3v) is 3.25. The van der Waals surface area contributed by atoms with Crippen molar-refractivity contribution in [2.75, 3.05) is 6.61 Å². The van der Waals surface area contributed by atoms with Crippen molar-refractivity contribution in [3.63, 3.8) is 0 Å². The van der Waals surface area contributed by atoms with Crippen LogP contribution in [-0.4, -0.2) is 12.2 Å². The van der Waals surface area contributed by atoms with Gasteiger partial charge in [-0.3, -0.25) is 0 Å². The molecule has 0 N–H and O–H groups in total. The van der Waals surface area contributed by atoms with E-state index in [0.29, 0.717) is 12.5 Å². The van der Waals surface area contributed by atoms with Gasteiger partial charge in [0, 0.05) is 5.92 Å². The Labute approximate surface area is 83.9 Å². The highest BCUT2D eigenvalue weighted by Gasteiger charge is 2.40. The largest absolute Gasteiger partial charge is 0.497 e. The molecule has 14 heavy (non-hydrogen) atoms. The van der Waals surface area contributed by atoms with E-state index in [0.717, 1.165) is 18.6 Å². The van der Waals surface area contributed by atoms with Gasteiger partial charge in [-0.25, -0.2) is 0 Å². The van der Waals surface area contributed by atoms with Gasteiger partial charge in [0.2, 0.25) is 0 Å². The quantitative estimate of drug-likeness (QED) is 0.584. The fourth-order valence-electron chi connectivity index (χ4n) is 2.37. The maximum Gasteiger partial charge on any atom is 0.164 e. The van der Waals surface area contributed by atoms with Gasteiger partial charge in [-0.1, -0.05) is 12.2 Å². The van der Waals surface area contributed by atoms with E-state index >= 15 is 0 Å². The van der Waals surface area contributed by atoms with Gasteiger partial charge in [-0.15, -0.1) is 0 Å². The Morgan fingerprint density at radius 2 is 2.43 bits per heavy atom. The predicted octanol–water partition coefficient (Wildman–Crippen LogP) is 2.54. The second kappa shape index (κ2) is 2.91. The third-order valence-electron chi connectivity index (χ3n) is 3.25. The number of hydrogen-bond donors (Lipinski definition) is 0. The fraction of sp³-hybridized carbons (Fsp3) is 0.500. The zero-order valence-electron chi connectivity index (χ0n) is 8.11. The fourth-order valence-corrected chi connectivity index (χ4v) is 2.37. The van der Waals surface area contributed by atoms with Crippen LogP contribution < -0.4 is 0 Å². The molecule has 3 aliphatic rings. The molecule has 2 aliphatic heterocycles. The van der Waals surface area contributed by atoms with E-state index in [9.17, 15) is 0 Å². The third kappa shape index (κ3) is 1.17. The van der Waals surface area contributed by atoms with Crippen LogP contribution in [0.4, 0.5) is 0 Å². The summed E-state index contributed by atoms with van der Waals surface area (Å²) in [4.78, 5) is 0. The lowest BCUT2D eigenvalue weighted by Crippen LogP contribution is -2.38. The van der Waals surface area contributed by atoms with Gasteiger partial charge >= 0.3 is 0 Å². The van der Waals surface area contributed by atoms with Crippen LogP contribution in [0.1, 0.15) is 19.3 Å². The van der Waals surface area contributed by atoms with Crippen molar-refractivity contribution in [2.45, 2.75) is 24.9 Å². The molecule has 1 saturated heterocycles. The van der Waals surface area contributed by atoms with Crippen LogP contribution in [0, 0.1) is 5.92 Å². The molecule has 0 saturated carbocycles. The molecule has 0 aromatic heterocycles. The molecule has 0 radical (unpaired) electrons. The average Bonchev–Trinajstić information content (AvgIpc) is 2.66. The van der Waals surface area contributed by atoms with Crippen LogP contribution in [0.25, 0.3) is 0 Å². The van der Waals surface area contributed by atoms with Crippen molar-refractivity contribution in [1.82, 2.24) is 0 Å². The summed E-state index contributed by atoms with van der Waals surface area (Å²) < 4.78 is 11.3. The van der Waals surface area contributed by atoms with Crippen molar-refractivity contribution in [2.24, 2.45) is 5.92 Å². The molecule has 2 heteroatoms. The zero-order valence-corrected chi connectivity index (χ0v) is 8.11. The molecule has 3 rings (SSSR count). The standard InChI is InChI=1S/C12H14O2/c1-2-4-11-10(3-1)5-6-12(14-11)7-8-13-9-12/h1-2,4,7-8,10H,3,5-6,9H2. The normalized spacial score (nSPS) is 38.9. The van der Waals surface area contributed by atoms with Gasteiger partial charge in [0.05, 0.1) is 6.26 Å². The van der Waals surface area contributed by atoms with E-state index in [4.69, 9.17) is 9.47 Å². The highest BCUT2D eigenvalue weighted by molar-refractivity contribution is 5.21. The smallest absolute Gasteiger partial charge is 0.164 e. The first-order valence-electron chi connectivity index (χ1n) is 5.23. The number of fused-ring (bicyclic) bond motifs is 1. The van der Waals surface area contributed by atoms with Gasteiger partial charge in [-0.05, 0) is 31.4 Å². The first-order chi connectivity index (χ1) is 6.88. The van der Waals surface area contributed by atoms with Crippen LogP contribution in [0.2, 0.25) is 0 Å². The van der Waals surface area contributed by atoms with E-state index in [1.807, 2.05) is 0 Å². The van der Waals surface area contributed by atoms with Gasteiger partial charge in [0.15, 0.2) is 5.60 Å². The summed E-state index contributed by atoms with van der Waals surface area (Å²) in [7, 11) is 0. The molecule has 0 bridgehead atoms. The Kier molecular flexibility index (Phi) is 1.69. The average molecular weight is 190 g/mol. The highest BCUT2D eigenvalue weighted by Crippen LogP contribution is 2.40. The predicted molar refractivity (Wildman–Crippen MR) is 53.5 cm³/mol. The van der Waals surface area contributed by atoms with Gasteiger partial charge < -0.3 is 9.47 Å². The lowest BCUT2D eigenvalue weighted by Gasteiger charge is -2.38. The second-order valence-electron chi connectivity index (χ2n) is 4.25. The molecule has 2 unspecified atom stereocenters. The van der Waals surface area contributed by atoms with E-state index in [2.05, 4.69) is 24.3 Å². The monoisotopic (exact) mass is 190 g/mol. The Morgan fingerprint density at radius 3 is 3.29 bits per heavy atom. The summed E-state index contributed by atoms with van der Waals surface area (Å²) >= 11 is 0. The van der Waals surface area contributed by atoms with Crippen molar-refractivity contribution in [3.05, 3.63) is 36.3 Å². The molecule has 2 nitrogen and oxygen atoms in total. The Balaban J connectivity index is 1.85.